The van der Waals surface area contributed by atoms with Gasteiger partial charge >= 0.3 is 0 Å². The molecule has 1 spiro atoms. The second kappa shape index (κ2) is 14.3. The Labute approximate surface area is 273 Å². The van der Waals surface area contributed by atoms with Crippen molar-refractivity contribution in [3.63, 3.8) is 0 Å². The number of carbonyl (C=O) groups is 3. The predicted octanol–water partition coefficient (Wildman–Crippen LogP) is 5.29. The molecule has 1 N–H and O–H groups in total. The van der Waals surface area contributed by atoms with E-state index in [4.69, 9.17) is 4.74 Å². The number of amides is 3. The number of ether oxygens (including phenoxy) is 1. The van der Waals surface area contributed by atoms with Crippen LogP contribution in [0.1, 0.15) is 69.5 Å². The Morgan fingerprint density at radius 1 is 0.978 bits per heavy atom. The Hall–Kier alpha value is -3.75. The lowest BCUT2D eigenvalue weighted by molar-refractivity contribution is -0.158. The van der Waals surface area contributed by atoms with Gasteiger partial charge in [0, 0.05) is 26.2 Å². The summed E-state index contributed by atoms with van der Waals surface area (Å²) in [5.41, 5.74) is -0.353. The molecular weight excluding hydrogens is 578 g/mol. The molecule has 0 saturated carbocycles. The fraction of sp³-hybridized carbons (Fsp3) is 0.500. The van der Waals surface area contributed by atoms with Crippen molar-refractivity contribution in [1.82, 2.24) is 14.7 Å². The van der Waals surface area contributed by atoms with Crippen molar-refractivity contribution in [3.8, 4) is 0 Å². The molecule has 0 radical (unpaired) electrons. The zero-order chi connectivity index (χ0) is 32.9. The largest absolute Gasteiger partial charge is 0.394 e. The average Bonchev–Trinajstić information content (AvgIpc) is 3.69. The number of hydrogen-bond acceptors (Lipinski definition) is 5. The van der Waals surface area contributed by atoms with Crippen molar-refractivity contribution in [2.45, 2.75) is 82.2 Å². The maximum absolute atomic E-state index is 15.0. The van der Waals surface area contributed by atoms with Crippen LogP contribution in [0.5, 0.6) is 0 Å². The number of carbonyl (C=O) groups excluding carboxylic acids is 3. The molecule has 46 heavy (non-hydrogen) atoms. The number of fused-ring (bicyclic) bond motifs is 1. The zero-order valence-electron chi connectivity index (χ0n) is 27.4. The van der Waals surface area contributed by atoms with Gasteiger partial charge in [-0.2, -0.15) is 0 Å². The van der Waals surface area contributed by atoms with Crippen molar-refractivity contribution in [2.75, 3.05) is 26.2 Å². The molecule has 8 heteroatoms. The summed E-state index contributed by atoms with van der Waals surface area (Å²) in [4.78, 5) is 49.6. The summed E-state index contributed by atoms with van der Waals surface area (Å²) in [6.45, 7) is 13.1. The van der Waals surface area contributed by atoms with Crippen molar-refractivity contribution in [3.05, 3.63) is 97.1 Å². The molecule has 3 heterocycles. The van der Waals surface area contributed by atoms with E-state index in [0.717, 1.165) is 30.4 Å². The first-order chi connectivity index (χ1) is 22.3. The first-order valence-electron chi connectivity index (χ1n) is 16.8. The normalized spacial score (nSPS) is 26.9. The molecule has 2 bridgehead atoms. The quantitative estimate of drug-likeness (QED) is 0.202. The van der Waals surface area contributed by atoms with Crippen LogP contribution >= 0.6 is 0 Å². The van der Waals surface area contributed by atoms with Gasteiger partial charge in [-0.25, -0.2) is 0 Å². The molecule has 3 aliphatic rings. The van der Waals surface area contributed by atoms with Crippen molar-refractivity contribution >= 4 is 17.7 Å². The molecule has 5 rings (SSSR count). The van der Waals surface area contributed by atoms with Gasteiger partial charge in [0.15, 0.2) is 0 Å². The van der Waals surface area contributed by atoms with E-state index < -0.39 is 35.1 Å². The highest BCUT2D eigenvalue weighted by molar-refractivity contribution is 5.99. The lowest BCUT2D eigenvalue weighted by Crippen LogP contribution is -2.57. The summed E-state index contributed by atoms with van der Waals surface area (Å²) in [6, 6.07) is 17.4. The molecule has 3 amide bonds. The molecule has 0 aliphatic carbocycles. The Morgan fingerprint density at radius 2 is 1.63 bits per heavy atom. The van der Waals surface area contributed by atoms with Gasteiger partial charge in [-0.3, -0.25) is 14.4 Å². The van der Waals surface area contributed by atoms with Crippen LogP contribution in [0.3, 0.4) is 0 Å². The van der Waals surface area contributed by atoms with Crippen LogP contribution in [-0.4, -0.2) is 81.0 Å². The Balaban J connectivity index is 1.61. The molecule has 3 fully saturated rings. The van der Waals surface area contributed by atoms with E-state index in [1.54, 1.807) is 26.9 Å². The molecule has 2 aromatic rings. The fourth-order valence-electron chi connectivity index (χ4n) is 8.24. The van der Waals surface area contributed by atoms with Gasteiger partial charge in [0.1, 0.15) is 11.6 Å². The number of likely N-dealkylation sites (tertiary alicyclic amines) is 1. The summed E-state index contributed by atoms with van der Waals surface area (Å²) >= 11 is 0. The molecule has 246 valence electrons. The third-order valence-corrected chi connectivity index (χ3v) is 10.4. The summed E-state index contributed by atoms with van der Waals surface area (Å²) in [5.74, 6) is -2.31. The predicted molar refractivity (Wildman–Crippen MR) is 178 cm³/mol. The van der Waals surface area contributed by atoms with Gasteiger partial charge in [-0.15, -0.1) is 13.2 Å². The van der Waals surface area contributed by atoms with Gasteiger partial charge < -0.3 is 24.5 Å². The summed E-state index contributed by atoms with van der Waals surface area (Å²) in [5, 5.41) is 10.8. The zero-order valence-corrected chi connectivity index (χ0v) is 27.4. The minimum absolute atomic E-state index is 0.162. The number of hydrogen-bond donors (Lipinski definition) is 1. The third kappa shape index (κ3) is 5.82. The van der Waals surface area contributed by atoms with Gasteiger partial charge in [-0.05, 0) is 36.8 Å². The summed E-state index contributed by atoms with van der Waals surface area (Å²) < 4.78 is 7.06. The molecule has 8 nitrogen and oxygen atoms in total. The van der Waals surface area contributed by atoms with Gasteiger partial charge in [0.05, 0.1) is 30.1 Å². The number of aliphatic hydroxyl groups is 1. The Kier molecular flexibility index (Phi) is 10.5. The molecular formula is C38H49N3O5. The van der Waals surface area contributed by atoms with E-state index >= 15 is 0 Å². The summed E-state index contributed by atoms with van der Waals surface area (Å²) in [6.07, 6.45) is 7.82. The smallest absolute Gasteiger partial charge is 0.248 e. The number of unbranched alkanes of at least 4 members (excludes halogenated alkanes) is 2. The van der Waals surface area contributed by atoms with Crippen LogP contribution in [0.4, 0.5) is 0 Å². The van der Waals surface area contributed by atoms with Crippen molar-refractivity contribution in [1.29, 1.82) is 0 Å². The Bertz CT molecular complexity index is 1400. The second-order valence-electron chi connectivity index (χ2n) is 13.0. The van der Waals surface area contributed by atoms with E-state index in [-0.39, 0.29) is 24.3 Å². The first-order valence-corrected chi connectivity index (χ1v) is 16.8. The van der Waals surface area contributed by atoms with Crippen molar-refractivity contribution in [2.24, 2.45) is 11.8 Å². The van der Waals surface area contributed by atoms with Crippen LogP contribution in [0.2, 0.25) is 0 Å². The lowest BCUT2D eigenvalue weighted by Gasteiger charge is -2.40. The average molecular weight is 628 g/mol. The van der Waals surface area contributed by atoms with E-state index in [0.29, 0.717) is 45.4 Å². The van der Waals surface area contributed by atoms with Crippen LogP contribution in [0.25, 0.3) is 0 Å². The topological polar surface area (TPSA) is 90.4 Å². The highest BCUT2D eigenvalue weighted by Crippen LogP contribution is 2.65. The number of rotatable bonds is 16. The minimum atomic E-state index is -1.19. The highest BCUT2D eigenvalue weighted by atomic mass is 16.5. The molecule has 6 atom stereocenters. The van der Waals surface area contributed by atoms with E-state index in [1.807, 2.05) is 67.6 Å². The maximum atomic E-state index is 15.0. The molecule has 3 saturated heterocycles. The highest BCUT2D eigenvalue weighted by Gasteiger charge is 2.79. The van der Waals surface area contributed by atoms with Crippen LogP contribution in [0, 0.1) is 11.8 Å². The summed E-state index contributed by atoms with van der Waals surface area (Å²) in [7, 11) is 0. The van der Waals surface area contributed by atoms with Gasteiger partial charge in [-0.1, -0.05) is 99.5 Å². The maximum Gasteiger partial charge on any atom is 0.248 e. The van der Waals surface area contributed by atoms with Crippen LogP contribution in [-0.2, 0) is 25.7 Å². The molecule has 2 unspecified atom stereocenters. The van der Waals surface area contributed by atoms with Gasteiger partial charge in [0.2, 0.25) is 17.7 Å². The monoisotopic (exact) mass is 627 g/mol. The molecule has 0 aromatic heterocycles. The molecule has 2 aromatic carbocycles. The van der Waals surface area contributed by atoms with E-state index in [2.05, 4.69) is 20.1 Å². The second-order valence-corrected chi connectivity index (χ2v) is 13.0. The number of benzene rings is 2. The van der Waals surface area contributed by atoms with Gasteiger partial charge in [0.25, 0.3) is 0 Å². The fourth-order valence-corrected chi connectivity index (χ4v) is 8.24. The van der Waals surface area contributed by atoms with E-state index in [9.17, 15) is 19.5 Å². The standard InChI is InChI=1S/C38H49N3O5/c1-5-9-16-25-39(23-6-2)36(45)33-38-22-21-37(8-4,46-38)31(34(43)40(24-7-3)26-28-17-12-10-13-18-28)32(38)35(44)41(33)30(27-42)29-19-14-11-15-20-29/h6-7,10-15,17-20,30-33,42H,2-3,5,8-9,16,21-27H2,1,4H3/t30-,31-,32+,33?,37+,38?/m1/s1. The number of nitrogens with zero attached hydrogens (tertiary/aromatic N) is 3. The first kappa shape index (κ1) is 33.6. The van der Waals surface area contributed by atoms with Crippen molar-refractivity contribution < 1.29 is 24.2 Å². The lowest BCUT2D eigenvalue weighted by atomic mass is 9.64. The number of aliphatic hydroxyl groups excluding tert-OH is 1. The third-order valence-electron chi connectivity index (χ3n) is 10.4. The minimum Gasteiger partial charge on any atom is -0.394 e. The van der Waals surface area contributed by atoms with Crippen LogP contribution < -0.4 is 0 Å². The van der Waals surface area contributed by atoms with E-state index in [1.165, 1.54) is 0 Å². The van der Waals surface area contributed by atoms with Crippen LogP contribution in [0.15, 0.2) is 86.0 Å². The Morgan fingerprint density at radius 3 is 2.24 bits per heavy atom. The SMILES string of the molecule is C=CCN(CCCCC)C(=O)C1N([C@H](CO)c2ccccc2)C(=O)[C@@H]2[C@H](C(=O)N(CC=C)Cc3ccccc3)[C@]3(CC)CCC12O3. The molecule has 3 aliphatic heterocycles.